The number of aliphatic hydroxyl groups is 1. The molecule has 0 aliphatic carbocycles. The molecule has 0 spiro atoms. The molecule has 0 aromatic heterocycles. The average molecular weight is 687 g/mol. The van der Waals surface area contributed by atoms with Crippen molar-refractivity contribution in [3.63, 3.8) is 0 Å². The van der Waals surface area contributed by atoms with Gasteiger partial charge in [0.15, 0.2) is 6.54 Å². The summed E-state index contributed by atoms with van der Waals surface area (Å²) in [4.78, 5) is 59.0. The fraction of sp³-hybridized carbons (Fsp3) is 0.800. The molecule has 3 N–H and O–H groups in total. The molecule has 3 amide bonds. The minimum absolute atomic E-state index is 0.0248. The van der Waals surface area contributed by atoms with Crippen LogP contribution in [0.1, 0.15) is 97.8 Å². The van der Waals surface area contributed by atoms with Crippen molar-refractivity contribution >= 4 is 29.8 Å². The summed E-state index contributed by atoms with van der Waals surface area (Å²) < 4.78 is 16.0. The van der Waals surface area contributed by atoms with Gasteiger partial charge in [-0.15, -0.1) is 0 Å². The number of nitrogens with zero attached hydrogens (tertiary/aromatic N) is 2. The van der Waals surface area contributed by atoms with Gasteiger partial charge in [-0.25, -0.2) is 14.1 Å². The SMILES string of the molecule is CCCCCC(OC(=O)C[N+](C)(C)CCOC(C)=O)C(O)C/C=C\CCCCCCCC(=O)NCCNC(=O)[N+](C)(C)CCOC(C)=O. The Morgan fingerprint density at radius 1 is 0.771 bits per heavy atom. The number of esters is 3. The number of nitrogens with one attached hydrogen (secondary N) is 2. The summed E-state index contributed by atoms with van der Waals surface area (Å²) in [5.41, 5.74) is 0. The van der Waals surface area contributed by atoms with Gasteiger partial charge >= 0.3 is 23.9 Å². The topological polar surface area (TPSA) is 157 Å². The molecule has 278 valence electrons. The van der Waals surface area contributed by atoms with E-state index in [-0.39, 0.29) is 54.1 Å². The first-order valence-corrected chi connectivity index (χ1v) is 17.6. The van der Waals surface area contributed by atoms with Crippen molar-refractivity contribution in [3.8, 4) is 0 Å². The maximum absolute atomic E-state index is 12.7. The van der Waals surface area contributed by atoms with Gasteiger partial charge in [0.25, 0.3) is 0 Å². The van der Waals surface area contributed by atoms with Crippen LogP contribution in [-0.4, -0.2) is 130 Å². The summed E-state index contributed by atoms with van der Waals surface area (Å²) in [5.74, 6) is -1.13. The second-order valence-corrected chi connectivity index (χ2v) is 13.6. The van der Waals surface area contributed by atoms with E-state index in [1.165, 1.54) is 13.8 Å². The number of amides is 3. The fourth-order valence-electron chi connectivity index (χ4n) is 4.77. The molecule has 13 nitrogen and oxygen atoms in total. The standard InChI is InChI=1S/C35H64N4O9/c1-8-9-16-20-32(48-34(44)28-38(4,5)24-26-46-29(2)40)31(42)19-17-14-12-10-11-13-15-18-21-33(43)36-22-23-37-35(45)39(6,7)25-27-47-30(3)41/h14,17,31-32,42H,8-13,15-16,18-28H2,1-7H3/p+2/b17-14-. The highest BCUT2D eigenvalue weighted by molar-refractivity contribution is 5.76. The number of quaternary nitrogens is 2. The molecule has 0 radical (unpaired) electrons. The Bertz CT molecular complexity index is 985. The Morgan fingerprint density at radius 3 is 2.02 bits per heavy atom. The average Bonchev–Trinajstić information content (AvgIpc) is 2.98. The first-order valence-electron chi connectivity index (χ1n) is 17.6. The maximum Gasteiger partial charge on any atom is 0.416 e. The van der Waals surface area contributed by atoms with Crippen molar-refractivity contribution in [2.45, 2.75) is 110 Å². The van der Waals surface area contributed by atoms with Crippen molar-refractivity contribution < 1.29 is 52.3 Å². The van der Waals surface area contributed by atoms with Crippen LogP contribution in [0, 0.1) is 0 Å². The Morgan fingerprint density at radius 2 is 1.38 bits per heavy atom. The number of aliphatic hydroxyl groups excluding tert-OH is 1. The van der Waals surface area contributed by atoms with Crippen LogP contribution in [0.3, 0.4) is 0 Å². The number of allylic oxidation sites excluding steroid dienone is 1. The van der Waals surface area contributed by atoms with Gasteiger partial charge in [-0.1, -0.05) is 51.2 Å². The number of rotatable bonds is 27. The normalized spacial score (nSPS) is 13.1. The highest BCUT2D eigenvalue weighted by Crippen LogP contribution is 2.16. The lowest BCUT2D eigenvalue weighted by atomic mass is 10.0. The van der Waals surface area contributed by atoms with Gasteiger partial charge in [0, 0.05) is 33.4 Å². The number of urea groups is 1. The predicted octanol–water partition coefficient (Wildman–Crippen LogP) is 3.62. The minimum atomic E-state index is -0.772. The molecular weight excluding hydrogens is 620 g/mol. The lowest BCUT2D eigenvalue weighted by molar-refractivity contribution is -0.883. The summed E-state index contributed by atoms with van der Waals surface area (Å²) in [6, 6.07) is -0.208. The third-order valence-electron chi connectivity index (χ3n) is 7.91. The molecule has 13 heteroatoms. The summed E-state index contributed by atoms with van der Waals surface area (Å²) in [5, 5.41) is 16.4. The Labute approximate surface area is 288 Å². The Kier molecular flexibility index (Phi) is 24.3. The van der Waals surface area contributed by atoms with Crippen molar-refractivity contribution in [3.05, 3.63) is 12.2 Å². The molecule has 0 bridgehead atoms. The summed E-state index contributed by atoms with van der Waals surface area (Å²) in [6.07, 6.45) is 12.8. The molecular formula is C35H66N4O9+2. The highest BCUT2D eigenvalue weighted by atomic mass is 16.6. The van der Waals surface area contributed by atoms with E-state index >= 15 is 0 Å². The monoisotopic (exact) mass is 686 g/mol. The van der Waals surface area contributed by atoms with E-state index in [0.29, 0.717) is 49.9 Å². The molecule has 0 heterocycles. The fourth-order valence-corrected chi connectivity index (χ4v) is 4.77. The molecule has 48 heavy (non-hydrogen) atoms. The van der Waals surface area contributed by atoms with Crippen molar-refractivity contribution in [1.82, 2.24) is 10.6 Å². The number of hydrogen-bond acceptors (Lipinski definition) is 9. The van der Waals surface area contributed by atoms with Gasteiger partial charge in [-0.05, 0) is 38.5 Å². The largest absolute Gasteiger partial charge is 0.460 e. The van der Waals surface area contributed by atoms with Crippen LogP contribution < -0.4 is 10.6 Å². The van der Waals surface area contributed by atoms with Crippen LogP contribution in [0.2, 0.25) is 0 Å². The van der Waals surface area contributed by atoms with E-state index in [4.69, 9.17) is 14.2 Å². The van der Waals surface area contributed by atoms with E-state index in [1.807, 2.05) is 20.2 Å². The highest BCUT2D eigenvalue weighted by Gasteiger charge is 2.28. The zero-order valence-electron chi connectivity index (χ0n) is 30.9. The van der Waals surface area contributed by atoms with Gasteiger partial charge < -0.3 is 34.4 Å². The van der Waals surface area contributed by atoms with Crippen LogP contribution in [0.4, 0.5) is 4.79 Å². The lowest BCUT2D eigenvalue weighted by Gasteiger charge is -2.30. The molecule has 2 unspecified atom stereocenters. The second-order valence-electron chi connectivity index (χ2n) is 13.6. The first-order chi connectivity index (χ1) is 22.6. The number of carbonyl (C=O) groups is 5. The lowest BCUT2D eigenvalue weighted by Crippen LogP contribution is -2.54. The molecule has 0 aliphatic rings. The van der Waals surface area contributed by atoms with Crippen LogP contribution in [-0.2, 0) is 33.4 Å². The third kappa shape index (κ3) is 25.0. The number of hydrogen-bond donors (Lipinski definition) is 3. The Balaban J connectivity index is 4.20. The minimum Gasteiger partial charge on any atom is -0.460 e. The van der Waals surface area contributed by atoms with Crippen molar-refractivity contribution in [2.75, 3.05) is 74.1 Å². The van der Waals surface area contributed by atoms with Gasteiger partial charge in [-0.3, -0.25) is 14.4 Å². The third-order valence-corrected chi connectivity index (χ3v) is 7.91. The van der Waals surface area contributed by atoms with Crippen LogP contribution >= 0.6 is 0 Å². The first kappa shape index (κ1) is 45.0. The van der Waals surface area contributed by atoms with E-state index in [9.17, 15) is 29.1 Å². The van der Waals surface area contributed by atoms with Gasteiger partial charge in [0.2, 0.25) is 5.91 Å². The summed E-state index contributed by atoms with van der Waals surface area (Å²) in [6.45, 7) is 6.83. The molecule has 0 fully saturated rings. The quantitative estimate of drug-likeness (QED) is 0.0386. The zero-order chi connectivity index (χ0) is 36.4. The summed E-state index contributed by atoms with van der Waals surface area (Å²) >= 11 is 0. The van der Waals surface area contributed by atoms with Crippen LogP contribution in [0.5, 0.6) is 0 Å². The van der Waals surface area contributed by atoms with E-state index < -0.39 is 12.2 Å². The van der Waals surface area contributed by atoms with Crippen LogP contribution in [0.15, 0.2) is 12.2 Å². The van der Waals surface area contributed by atoms with E-state index in [2.05, 4.69) is 23.6 Å². The molecule has 0 aromatic carbocycles. The maximum atomic E-state index is 12.7. The van der Waals surface area contributed by atoms with Crippen molar-refractivity contribution in [1.29, 1.82) is 0 Å². The molecule has 0 aromatic rings. The molecule has 0 aliphatic heterocycles. The zero-order valence-corrected chi connectivity index (χ0v) is 30.9. The molecule has 0 saturated heterocycles. The van der Waals surface area contributed by atoms with Gasteiger partial charge in [0.1, 0.15) is 32.4 Å². The number of carbonyl (C=O) groups excluding carboxylic acids is 5. The molecule has 0 saturated carbocycles. The second kappa shape index (κ2) is 25.9. The van der Waals surface area contributed by atoms with Gasteiger partial charge in [0.05, 0.1) is 34.3 Å². The number of unbranched alkanes of at least 4 members (excludes halogenated alkanes) is 7. The molecule has 2 atom stereocenters. The number of ether oxygens (including phenoxy) is 3. The predicted molar refractivity (Wildman–Crippen MR) is 185 cm³/mol. The Hall–Kier alpha value is -3.03. The number of likely N-dealkylation sites (N-methyl/N-ethyl adjacent to an activating group) is 2. The smallest absolute Gasteiger partial charge is 0.416 e. The molecule has 0 rings (SSSR count). The summed E-state index contributed by atoms with van der Waals surface area (Å²) in [7, 11) is 7.21. The van der Waals surface area contributed by atoms with E-state index in [1.54, 1.807) is 14.1 Å². The van der Waals surface area contributed by atoms with E-state index in [0.717, 1.165) is 57.8 Å². The van der Waals surface area contributed by atoms with Crippen LogP contribution in [0.25, 0.3) is 0 Å². The van der Waals surface area contributed by atoms with Gasteiger partial charge in [-0.2, -0.15) is 0 Å². The van der Waals surface area contributed by atoms with Crippen molar-refractivity contribution in [2.24, 2.45) is 0 Å².